The summed E-state index contributed by atoms with van der Waals surface area (Å²) >= 11 is -2.16. The van der Waals surface area contributed by atoms with Gasteiger partial charge >= 0.3 is 138 Å². The molecule has 2 nitrogen and oxygen atoms in total. The molecule has 1 unspecified atom stereocenters. The molecule has 118 valence electrons. The Morgan fingerprint density at radius 1 is 1.09 bits per heavy atom. The zero-order chi connectivity index (χ0) is 15.6. The molecule has 2 aromatic carbocycles. The van der Waals surface area contributed by atoms with Gasteiger partial charge in [-0.25, -0.2) is 0 Å². The van der Waals surface area contributed by atoms with Crippen molar-refractivity contribution in [3.8, 4) is 0 Å². The summed E-state index contributed by atoms with van der Waals surface area (Å²) in [6, 6.07) is 13.3. The summed E-state index contributed by atoms with van der Waals surface area (Å²) in [5.74, 6) is 0. The van der Waals surface area contributed by atoms with Crippen molar-refractivity contribution >= 4 is 32.7 Å². The molecule has 1 aliphatic rings. The number of hydrogen-bond acceptors (Lipinski definition) is 2. The first-order valence-electron chi connectivity index (χ1n) is 8.30. The van der Waals surface area contributed by atoms with Gasteiger partial charge in [0, 0.05) is 0 Å². The summed E-state index contributed by atoms with van der Waals surface area (Å²) in [5.41, 5.74) is 1.31. The normalized spacial score (nSPS) is 19.5. The first-order valence-corrected chi connectivity index (χ1v) is 18.3. The Labute approximate surface area is 137 Å². The molecular weight excluding hydrogens is 379 g/mol. The van der Waals surface area contributed by atoms with E-state index in [1.807, 2.05) is 0 Å². The molecule has 1 saturated heterocycles. The van der Waals surface area contributed by atoms with Crippen molar-refractivity contribution in [3.05, 3.63) is 42.0 Å². The molecule has 3 heteroatoms. The van der Waals surface area contributed by atoms with E-state index < -0.39 is 18.4 Å². The van der Waals surface area contributed by atoms with Crippen molar-refractivity contribution < 1.29 is 9.47 Å². The maximum atomic E-state index is 6.05. The van der Waals surface area contributed by atoms with E-state index in [1.54, 1.807) is 3.58 Å². The van der Waals surface area contributed by atoms with Gasteiger partial charge in [0.05, 0.1) is 0 Å². The van der Waals surface area contributed by atoms with E-state index in [2.05, 4.69) is 51.2 Å². The molecule has 1 heterocycles. The summed E-state index contributed by atoms with van der Waals surface area (Å²) < 4.78 is 13.3. The molecule has 0 bridgehead atoms. The van der Waals surface area contributed by atoms with Gasteiger partial charge in [0.2, 0.25) is 0 Å². The molecule has 0 spiro atoms. The fourth-order valence-electron chi connectivity index (χ4n) is 3.19. The molecule has 0 aliphatic carbocycles. The van der Waals surface area contributed by atoms with Crippen LogP contribution in [-0.4, -0.2) is 31.3 Å². The van der Waals surface area contributed by atoms with Crippen LogP contribution in [0.4, 0.5) is 0 Å². The number of hydrogen-bond donors (Lipinski definition) is 0. The molecule has 1 atom stereocenters. The predicted octanol–water partition coefficient (Wildman–Crippen LogP) is 4.43. The van der Waals surface area contributed by atoms with Crippen molar-refractivity contribution in [1.29, 1.82) is 0 Å². The molecule has 0 saturated carbocycles. The second-order valence-electron chi connectivity index (χ2n) is 7.18. The van der Waals surface area contributed by atoms with Crippen LogP contribution in [0.15, 0.2) is 36.4 Å². The molecule has 22 heavy (non-hydrogen) atoms. The molecule has 1 fully saturated rings. The Morgan fingerprint density at radius 2 is 1.86 bits per heavy atom. The average Bonchev–Trinajstić information content (AvgIpc) is 2.52. The van der Waals surface area contributed by atoms with Gasteiger partial charge in [-0.3, -0.25) is 0 Å². The molecule has 1 aliphatic heterocycles. The zero-order valence-corrected chi connectivity index (χ0v) is 16.7. The standard InChI is InChI=1S/C16H17O2.3CH3.Sn/c1-2-9-15-13(6-1)7-5-8-14(15)12-18-16-10-3-4-11-17-16;;;;/h1-2,5-8,16H,3-4,10-12H2;3*1H3;. The summed E-state index contributed by atoms with van der Waals surface area (Å²) in [6.07, 6.45) is 3.38. The van der Waals surface area contributed by atoms with Gasteiger partial charge in [0.1, 0.15) is 0 Å². The Morgan fingerprint density at radius 3 is 2.55 bits per heavy atom. The summed E-state index contributed by atoms with van der Waals surface area (Å²) in [7, 11) is 0. The molecule has 0 aromatic heterocycles. The van der Waals surface area contributed by atoms with Crippen molar-refractivity contribution in [2.75, 3.05) is 6.61 Å². The van der Waals surface area contributed by atoms with E-state index in [0.29, 0.717) is 6.61 Å². The number of ether oxygens (including phenoxy) is 2. The zero-order valence-electron chi connectivity index (χ0n) is 13.9. The second kappa shape index (κ2) is 6.89. The third-order valence-electron chi connectivity index (χ3n) is 4.36. The average molecular weight is 405 g/mol. The Balaban J connectivity index is 1.91. The molecular formula is C19H26O2Sn. The van der Waals surface area contributed by atoms with Gasteiger partial charge in [-0.1, -0.05) is 0 Å². The summed E-state index contributed by atoms with van der Waals surface area (Å²) in [6.45, 7) is 1.49. The van der Waals surface area contributed by atoms with Crippen LogP contribution in [0, 0.1) is 0 Å². The van der Waals surface area contributed by atoms with Gasteiger partial charge in [-0.15, -0.1) is 0 Å². The van der Waals surface area contributed by atoms with Crippen molar-refractivity contribution in [2.24, 2.45) is 0 Å². The minimum atomic E-state index is -2.16. The SMILES string of the molecule is [CH3][Sn]([CH3])([CH3])[c]1cccc2cccc(COC3CCCCO3)c12. The number of fused-ring (bicyclic) bond motifs is 1. The third-order valence-corrected chi connectivity index (χ3v) is 10.2. The minimum absolute atomic E-state index is 0.0191. The molecule has 0 N–H and O–H groups in total. The van der Waals surface area contributed by atoms with Crippen LogP contribution >= 0.6 is 0 Å². The van der Waals surface area contributed by atoms with Gasteiger partial charge in [-0.05, 0) is 0 Å². The first-order chi connectivity index (χ1) is 10.6. The number of rotatable bonds is 4. The van der Waals surface area contributed by atoms with E-state index in [9.17, 15) is 0 Å². The van der Waals surface area contributed by atoms with Crippen LogP contribution in [0.5, 0.6) is 0 Å². The fraction of sp³-hybridized carbons (Fsp3) is 0.474. The van der Waals surface area contributed by atoms with Gasteiger partial charge < -0.3 is 0 Å². The predicted molar refractivity (Wildman–Crippen MR) is 95.3 cm³/mol. The Bertz CT molecular complexity index is 634. The Kier molecular flexibility index (Phi) is 5.10. The maximum absolute atomic E-state index is 6.05. The van der Waals surface area contributed by atoms with E-state index in [-0.39, 0.29) is 6.29 Å². The summed E-state index contributed by atoms with van der Waals surface area (Å²) in [5, 5.41) is 2.78. The Hall–Kier alpha value is -0.581. The summed E-state index contributed by atoms with van der Waals surface area (Å²) in [4.78, 5) is 7.43. The molecule has 3 rings (SSSR count). The van der Waals surface area contributed by atoms with Crippen LogP contribution in [-0.2, 0) is 16.1 Å². The van der Waals surface area contributed by atoms with Crippen LogP contribution in [0.25, 0.3) is 10.8 Å². The third kappa shape index (κ3) is 3.66. The topological polar surface area (TPSA) is 18.5 Å². The van der Waals surface area contributed by atoms with Gasteiger partial charge in [-0.2, -0.15) is 0 Å². The van der Waals surface area contributed by atoms with Gasteiger partial charge in [0.25, 0.3) is 0 Å². The molecule has 0 amide bonds. The van der Waals surface area contributed by atoms with Crippen molar-refractivity contribution in [2.45, 2.75) is 47.0 Å². The van der Waals surface area contributed by atoms with Crippen molar-refractivity contribution in [1.82, 2.24) is 0 Å². The van der Waals surface area contributed by atoms with Crippen molar-refractivity contribution in [3.63, 3.8) is 0 Å². The van der Waals surface area contributed by atoms with Crippen LogP contribution in [0.2, 0.25) is 14.8 Å². The van der Waals surface area contributed by atoms with E-state index in [0.717, 1.165) is 19.4 Å². The van der Waals surface area contributed by atoms with E-state index in [1.165, 1.54) is 22.8 Å². The molecule has 0 radical (unpaired) electrons. The molecule has 2 aromatic rings. The van der Waals surface area contributed by atoms with Crippen LogP contribution in [0.3, 0.4) is 0 Å². The first kappa shape index (κ1) is 16.3. The van der Waals surface area contributed by atoms with E-state index in [4.69, 9.17) is 9.47 Å². The van der Waals surface area contributed by atoms with Gasteiger partial charge in [0.15, 0.2) is 0 Å². The van der Waals surface area contributed by atoms with E-state index >= 15 is 0 Å². The quantitative estimate of drug-likeness (QED) is 0.702. The monoisotopic (exact) mass is 406 g/mol. The second-order valence-corrected chi connectivity index (χ2v) is 21.6. The van der Waals surface area contributed by atoms with Crippen LogP contribution < -0.4 is 3.58 Å². The number of benzene rings is 2. The fourth-order valence-corrected chi connectivity index (χ4v) is 7.90. The van der Waals surface area contributed by atoms with Crippen LogP contribution in [0.1, 0.15) is 24.8 Å².